The number of hydrogen-bond acceptors (Lipinski definition) is 8. The lowest BCUT2D eigenvalue weighted by Gasteiger charge is -2.27. The average Bonchev–Trinajstić information content (AvgIpc) is 3.56. The first-order valence-corrected chi connectivity index (χ1v) is 14.3. The molecular formula is C25H29ClFN3O5S2. The zero-order chi connectivity index (χ0) is 26.7. The molecule has 0 aliphatic heterocycles. The molecule has 200 valence electrons. The van der Waals surface area contributed by atoms with Crippen LogP contribution in [0.1, 0.15) is 24.8 Å². The van der Waals surface area contributed by atoms with Crippen LogP contribution in [0.3, 0.4) is 0 Å². The van der Waals surface area contributed by atoms with Crippen molar-refractivity contribution in [3.05, 3.63) is 58.3 Å². The van der Waals surface area contributed by atoms with Gasteiger partial charge in [0, 0.05) is 35.3 Å². The van der Waals surface area contributed by atoms with Crippen LogP contribution < -0.4 is 18.5 Å². The molecule has 1 heterocycles. The van der Waals surface area contributed by atoms with Gasteiger partial charge in [-0.25, -0.2) is 22.1 Å². The highest BCUT2D eigenvalue weighted by molar-refractivity contribution is 7.93. The fourth-order valence-corrected chi connectivity index (χ4v) is 7.06. The fraction of sp³-hybridized carbons (Fsp3) is 0.400. The number of likely N-dealkylation sites (N-methyl/N-ethyl adjacent to an activating group) is 1. The summed E-state index contributed by atoms with van der Waals surface area (Å²) in [5.74, 6) is 0.137. The van der Waals surface area contributed by atoms with Crippen LogP contribution in [0.15, 0.2) is 46.8 Å². The average molecular weight is 570 g/mol. The Morgan fingerprint density at radius 2 is 1.92 bits per heavy atom. The maximum Gasteiger partial charge on any atom is 0.269 e. The summed E-state index contributed by atoms with van der Waals surface area (Å²) in [5, 5.41) is 1.84. The van der Waals surface area contributed by atoms with E-state index in [0.717, 1.165) is 47.0 Å². The highest BCUT2D eigenvalue weighted by Gasteiger charge is 2.34. The van der Waals surface area contributed by atoms with Crippen LogP contribution in [0.5, 0.6) is 17.2 Å². The molecule has 0 bridgehead atoms. The van der Waals surface area contributed by atoms with Crippen LogP contribution >= 0.6 is 22.9 Å². The standard InChI is InChI=1S/C25H29ClFN3O5S2/c1-29(2)20-6-5-7-21(20)35-23-14-19(27)24(13-18(23)26)37(31,32)30(25-28-10-11-36-25)15-16-8-9-17(33-3)12-22(16)34-4/h8-14,20-21H,5-7,15H2,1-4H3/t20-,21?/m0/s1. The van der Waals surface area contributed by atoms with Gasteiger partial charge in [-0.3, -0.25) is 0 Å². The lowest BCUT2D eigenvalue weighted by atomic mass is 10.2. The van der Waals surface area contributed by atoms with Crippen LogP contribution in [0, 0.1) is 5.82 Å². The molecular weight excluding hydrogens is 541 g/mol. The number of anilines is 1. The van der Waals surface area contributed by atoms with E-state index in [2.05, 4.69) is 9.88 Å². The van der Waals surface area contributed by atoms with Crippen LogP contribution in [0.2, 0.25) is 5.02 Å². The van der Waals surface area contributed by atoms with Crippen molar-refractivity contribution in [1.29, 1.82) is 0 Å². The second kappa shape index (κ2) is 11.4. The van der Waals surface area contributed by atoms with Gasteiger partial charge in [0.05, 0.1) is 25.8 Å². The molecule has 0 N–H and O–H groups in total. The Balaban J connectivity index is 1.69. The molecule has 37 heavy (non-hydrogen) atoms. The van der Waals surface area contributed by atoms with Crippen molar-refractivity contribution in [1.82, 2.24) is 9.88 Å². The van der Waals surface area contributed by atoms with Gasteiger partial charge >= 0.3 is 0 Å². The number of aromatic nitrogens is 1. The molecule has 0 radical (unpaired) electrons. The first kappa shape index (κ1) is 27.4. The number of hydrogen-bond donors (Lipinski definition) is 0. The molecule has 1 aliphatic rings. The van der Waals surface area contributed by atoms with E-state index in [9.17, 15) is 8.42 Å². The van der Waals surface area contributed by atoms with Crippen LogP contribution in [-0.4, -0.2) is 58.8 Å². The fourth-order valence-electron chi connectivity index (χ4n) is 4.45. The molecule has 1 fully saturated rings. The third-order valence-electron chi connectivity index (χ3n) is 6.35. The summed E-state index contributed by atoms with van der Waals surface area (Å²) in [6, 6.07) is 7.36. The molecule has 4 rings (SSSR count). The molecule has 2 atom stereocenters. The Labute approximate surface area is 225 Å². The van der Waals surface area contributed by atoms with E-state index < -0.39 is 20.7 Å². The predicted octanol–water partition coefficient (Wildman–Crippen LogP) is 5.21. The minimum absolute atomic E-state index is 0.0190. The Hall–Kier alpha value is -2.60. The van der Waals surface area contributed by atoms with Gasteiger partial charge in [-0.15, -0.1) is 11.3 Å². The van der Waals surface area contributed by atoms with Gasteiger partial charge in [0.25, 0.3) is 10.0 Å². The van der Waals surface area contributed by atoms with Crippen LogP contribution in [-0.2, 0) is 16.6 Å². The number of nitrogens with zero attached hydrogens (tertiary/aromatic N) is 3. The Kier molecular flexibility index (Phi) is 8.47. The van der Waals surface area contributed by atoms with Crippen molar-refractivity contribution >= 4 is 38.1 Å². The molecule has 3 aromatic rings. The van der Waals surface area contributed by atoms with Crippen molar-refractivity contribution < 1.29 is 27.0 Å². The van der Waals surface area contributed by atoms with Gasteiger partial charge in [-0.2, -0.15) is 0 Å². The zero-order valence-corrected chi connectivity index (χ0v) is 23.4. The van der Waals surface area contributed by atoms with Crippen molar-refractivity contribution in [2.24, 2.45) is 0 Å². The first-order valence-electron chi connectivity index (χ1n) is 11.6. The number of thiazole rings is 1. The molecule has 8 nitrogen and oxygen atoms in total. The van der Waals surface area contributed by atoms with Crippen molar-refractivity contribution in [2.45, 2.75) is 42.8 Å². The van der Waals surface area contributed by atoms with E-state index in [4.69, 9.17) is 25.8 Å². The van der Waals surface area contributed by atoms with Crippen LogP contribution in [0.25, 0.3) is 0 Å². The summed E-state index contributed by atoms with van der Waals surface area (Å²) < 4.78 is 60.8. The first-order chi connectivity index (χ1) is 17.6. The molecule has 12 heteroatoms. The van der Waals surface area contributed by atoms with Gasteiger partial charge in [-0.1, -0.05) is 11.6 Å². The third-order valence-corrected chi connectivity index (χ3v) is 9.31. The zero-order valence-electron chi connectivity index (χ0n) is 21.0. The molecule has 2 aromatic carbocycles. The molecule has 1 aliphatic carbocycles. The number of rotatable bonds is 10. The maximum atomic E-state index is 15.4. The van der Waals surface area contributed by atoms with E-state index in [1.54, 1.807) is 23.6 Å². The second-order valence-corrected chi connectivity index (χ2v) is 11.9. The lowest BCUT2D eigenvalue weighted by Crippen LogP contribution is -2.38. The van der Waals surface area contributed by atoms with Gasteiger partial charge in [0.1, 0.15) is 34.1 Å². The smallest absolute Gasteiger partial charge is 0.269 e. The van der Waals surface area contributed by atoms with Gasteiger partial charge in [0.2, 0.25) is 0 Å². The van der Waals surface area contributed by atoms with Gasteiger partial charge < -0.3 is 19.1 Å². The SMILES string of the molecule is COc1ccc(CN(c2nccs2)S(=O)(=O)c2cc(Cl)c(OC3CCC[C@@H]3N(C)C)cc2F)c(OC)c1. The molecule has 1 saturated carbocycles. The molecule has 0 spiro atoms. The minimum Gasteiger partial charge on any atom is -0.497 e. The summed E-state index contributed by atoms with van der Waals surface area (Å²) in [5.41, 5.74) is 0.546. The largest absolute Gasteiger partial charge is 0.497 e. The number of halogens is 2. The van der Waals surface area contributed by atoms with E-state index in [0.29, 0.717) is 17.1 Å². The predicted molar refractivity (Wildman–Crippen MR) is 142 cm³/mol. The van der Waals surface area contributed by atoms with Crippen molar-refractivity contribution in [3.8, 4) is 17.2 Å². The summed E-state index contributed by atoms with van der Waals surface area (Å²) in [4.78, 5) is 5.67. The lowest BCUT2D eigenvalue weighted by molar-refractivity contribution is 0.121. The summed E-state index contributed by atoms with van der Waals surface area (Å²) in [6.07, 6.45) is 4.07. The van der Waals surface area contributed by atoms with E-state index in [1.807, 2.05) is 14.1 Å². The Morgan fingerprint density at radius 1 is 1.14 bits per heavy atom. The summed E-state index contributed by atoms with van der Waals surface area (Å²) in [6.45, 7) is -0.148. The summed E-state index contributed by atoms with van der Waals surface area (Å²) in [7, 11) is 2.52. The number of sulfonamides is 1. The highest BCUT2D eigenvalue weighted by atomic mass is 35.5. The summed E-state index contributed by atoms with van der Waals surface area (Å²) >= 11 is 7.56. The molecule has 1 unspecified atom stereocenters. The van der Waals surface area contributed by atoms with Gasteiger partial charge in [-0.05, 0) is 51.6 Å². The van der Waals surface area contributed by atoms with Gasteiger partial charge in [0.15, 0.2) is 5.13 Å². The van der Waals surface area contributed by atoms with E-state index >= 15 is 4.39 Å². The topological polar surface area (TPSA) is 81.2 Å². The second-order valence-electron chi connectivity index (χ2n) is 8.84. The maximum absolute atomic E-state index is 15.4. The molecule has 0 saturated heterocycles. The van der Waals surface area contributed by atoms with Crippen LogP contribution in [0.4, 0.5) is 9.52 Å². The quantitative estimate of drug-likeness (QED) is 0.331. The number of ether oxygens (including phenoxy) is 3. The third kappa shape index (κ3) is 5.79. The monoisotopic (exact) mass is 569 g/mol. The number of methoxy groups -OCH3 is 2. The highest BCUT2D eigenvalue weighted by Crippen LogP contribution is 2.37. The Morgan fingerprint density at radius 3 is 2.57 bits per heavy atom. The normalized spacial score (nSPS) is 17.7. The van der Waals surface area contributed by atoms with Crippen molar-refractivity contribution in [3.63, 3.8) is 0 Å². The Bertz CT molecular complexity index is 1340. The van der Waals surface area contributed by atoms with Crippen molar-refractivity contribution in [2.75, 3.05) is 32.6 Å². The van der Waals surface area contributed by atoms with E-state index in [1.165, 1.54) is 20.4 Å². The minimum atomic E-state index is -4.41. The molecule has 1 aromatic heterocycles. The van der Waals surface area contributed by atoms with E-state index in [-0.39, 0.29) is 34.6 Å². The molecule has 0 amide bonds. The number of benzene rings is 2.